The molecule has 0 bridgehead atoms. The fourth-order valence-electron chi connectivity index (χ4n) is 0.937. The van der Waals surface area contributed by atoms with E-state index in [4.69, 9.17) is 11.6 Å². The van der Waals surface area contributed by atoms with E-state index in [1.807, 2.05) is 12.4 Å². The topological polar surface area (TPSA) is 36.8 Å². The summed E-state index contributed by atoms with van der Waals surface area (Å²) in [7, 11) is 1.94. The van der Waals surface area contributed by atoms with E-state index < -0.39 is 0 Å². The SMILES string of the molecule is C[NH2+]Cc1cc(Cl)ccc1O.[Cl-]. The molecule has 1 aromatic carbocycles. The number of phenolic OH excluding ortho intramolecular Hbond substituents is 1. The van der Waals surface area contributed by atoms with Gasteiger partial charge in [0.15, 0.2) is 0 Å². The van der Waals surface area contributed by atoms with Crippen molar-refractivity contribution in [2.45, 2.75) is 6.54 Å². The van der Waals surface area contributed by atoms with Crippen LogP contribution in [0.1, 0.15) is 5.56 Å². The Morgan fingerprint density at radius 1 is 1.50 bits per heavy atom. The summed E-state index contributed by atoms with van der Waals surface area (Å²) in [6.45, 7) is 0.756. The third kappa shape index (κ3) is 2.89. The Balaban J connectivity index is 0.00000121. The molecule has 0 radical (unpaired) electrons. The first-order valence-corrected chi connectivity index (χ1v) is 3.87. The van der Waals surface area contributed by atoms with Crippen molar-refractivity contribution in [2.75, 3.05) is 7.05 Å². The highest BCUT2D eigenvalue weighted by Crippen LogP contribution is 2.19. The van der Waals surface area contributed by atoms with Crippen LogP contribution in [0.3, 0.4) is 0 Å². The molecule has 0 saturated heterocycles. The lowest BCUT2D eigenvalue weighted by molar-refractivity contribution is -0.643. The fraction of sp³-hybridized carbons (Fsp3) is 0.250. The van der Waals surface area contributed by atoms with Crippen LogP contribution in [0.5, 0.6) is 5.75 Å². The second-order valence-corrected chi connectivity index (χ2v) is 2.82. The first kappa shape index (κ1) is 11.6. The number of quaternary nitrogens is 1. The molecule has 0 unspecified atom stereocenters. The fourth-order valence-corrected chi connectivity index (χ4v) is 1.13. The summed E-state index contributed by atoms with van der Waals surface area (Å²) >= 11 is 5.73. The zero-order chi connectivity index (χ0) is 8.27. The van der Waals surface area contributed by atoms with Crippen LogP contribution in [-0.4, -0.2) is 12.2 Å². The van der Waals surface area contributed by atoms with Gasteiger partial charge in [0, 0.05) is 10.6 Å². The van der Waals surface area contributed by atoms with E-state index in [2.05, 4.69) is 0 Å². The first-order valence-electron chi connectivity index (χ1n) is 3.49. The van der Waals surface area contributed by atoms with Gasteiger partial charge in [-0.2, -0.15) is 0 Å². The molecule has 0 aliphatic carbocycles. The summed E-state index contributed by atoms with van der Waals surface area (Å²) in [5, 5.41) is 11.9. The van der Waals surface area contributed by atoms with Crippen LogP contribution in [0, 0.1) is 0 Å². The lowest BCUT2D eigenvalue weighted by Gasteiger charge is -2.00. The third-order valence-corrected chi connectivity index (χ3v) is 1.70. The molecular formula is C8H11Cl2NO. The van der Waals surface area contributed by atoms with E-state index in [0.717, 1.165) is 12.1 Å². The van der Waals surface area contributed by atoms with E-state index in [0.29, 0.717) is 10.8 Å². The third-order valence-electron chi connectivity index (χ3n) is 1.47. The van der Waals surface area contributed by atoms with Gasteiger partial charge in [-0.1, -0.05) is 11.6 Å². The molecule has 0 amide bonds. The Hall–Kier alpha value is -0.440. The predicted octanol–water partition coefficient (Wildman–Crippen LogP) is -2.26. The number of phenols is 1. The quantitative estimate of drug-likeness (QED) is 0.565. The summed E-state index contributed by atoms with van der Waals surface area (Å²) in [6, 6.07) is 5.06. The molecule has 0 aliphatic heterocycles. The van der Waals surface area contributed by atoms with Gasteiger partial charge < -0.3 is 22.8 Å². The van der Waals surface area contributed by atoms with E-state index in [1.165, 1.54) is 0 Å². The zero-order valence-electron chi connectivity index (χ0n) is 6.72. The Morgan fingerprint density at radius 3 is 2.75 bits per heavy atom. The van der Waals surface area contributed by atoms with Crippen LogP contribution in [0.25, 0.3) is 0 Å². The second-order valence-electron chi connectivity index (χ2n) is 2.39. The van der Waals surface area contributed by atoms with Crippen molar-refractivity contribution in [1.29, 1.82) is 0 Å². The summed E-state index contributed by atoms with van der Waals surface area (Å²) in [5.41, 5.74) is 0.875. The number of rotatable bonds is 2. The van der Waals surface area contributed by atoms with E-state index in [-0.39, 0.29) is 12.4 Å². The zero-order valence-corrected chi connectivity index (χ0v) is 8.23. The van der Waals surface area contributed by atoms with Gasteiger partial charge in [0.2, 0.25) is 0 Å². The van der Waals surface area contributed by atoms with Gasteiger partial charge in [0.1, 0.15) is 12.3 Å². The number of benzene rings is 1. The van der Waals surface area contributed by atoms with E-state index in [1.54, 1.807) is 18.2 Å². The summed E-state index contributed by atoms with van der Waals surface area (Å²) in [5.74, 6) is 0.313. The Labute approximate surface area is 83.0 Å². The van der Waals surface area contributed by atoms with Gasteiger partial charge >= 0.3 is 0 Å². The molecule has 2 nitrogen and oxygen atoms in total. The molecule has 1 aromatic rings. The Morgan fingerprint density at radius 2 is 2.17 bits per heavy atom. The maximum atomic E-state index is 9.29. The van der Waals surface area contributed by atoms with Crippen molar-refractivity contribution in [1.82, 2.24) is 0 Å². The maximum Gasteiger partial charge on any atom is 0.124 e. The maximum absolute atomic E-state index is 9.29. The van der Waals surface area contributed by atoms with Crippen LogP contribution < -0.4 is 17.7 Å². The van der Waals surface area contributed by atoms with Crippen molar-refractivity contribution in [3.05, 3.63) is 28.8 Å². The van der Waals surface area contributed by atoms with Gasteiger partial charge in [-0.05, 0) is 18.2 Å². The molecule has 0 saturated carbocycles. The number of aromatic hydroxyl groups is 1. The van der Waals surface area contributed by atoms with Gasteiger partial charge in [-0.25, -0.2) is 0 Å². The molecule has 0 spiro atoms. The minimum atomic E-state index is 0. The minimum Gasteiger partial charge on any atom is -1.00 e. The molecule has 0 atom stereocenters. The highest BCUT2D eigenvalue weighted by atomic mass is 35.5. The molecule has 0 aromatic heterocycles. The Kier molecular flexibility index (Phi) is 5.06. The number of hydrogen-bond donors (Lipinski definition) is 2. The average molecular weight is 208 g/mol. The second kappa shape index (κ2) is 5.25. The normalized spacial score (nSPS) is 9.17. The molecule has 12 heavy (non-hydrogen) atoms. The monoisotopic (exact) mass is 207 g/mol. The molecule has 0 aliphatic rings. The highest BCUT2D eigenvalue weighted by Gasteiger charge is 2.01. The summed E-state index contributed by atoms with van der Waals surface area (Å²) < 4.78 is 0. The number of nitrogens with two attached hydrogens (primary N) is 1. The molecule has 0 fully saturated rings. The molecule has 68 valence electrons. The first-order chi connectivity index (χ1) is 5.24. The number of halogens is 2. The smallest absolute Gasteiger partial charge is 0.124 e. The van der Waals surface area contributed by atoms with Crippen LogP contribution >= 0.6 is 11.6 Å². The van der Waals surface area contributed by atoms with Crippen LogP contribution in [-0.2, 0) is 6.54 Å². The van der Waals surface area contributed by atoms with Crippen molar-refractivity contribution in [2.24, 2.45) is 0 Å². The largest absolute Gasteiger partial charge is 1.00 e. The van der Waals surface area contributed by atoms with E-state index in [9.17, 15) is 5.11 Å². The molecular weight excluding hydrogens is 197 g/mol. The summed E-state index contributed by atoms with van der Waals surface area (Å²) in [6.07, 6.45) is 0. The standard InChI is InChI=1S/C8H10ClNO.ClH/c1-10-5-6-4-7(9)2-3-8(6)11;/h2-4,10-11H,5H2,1H3;1H. The molecule has 0 heterocycles. The average Bonchev–Trinajstić information content (AvgIpc) is 1.98. The van der Waals surface area contributed by atoms with Crippen LogP contribution in [0.15, 0.2) is 18.2 Å². The summed E-state index contributed by atoms with van der Waals surface area (Å²) in [4.78, 5) is 0. The molecule has 4 heteroatoms. The predicted molar refractivity (Wildman–Crippen MR) is 44.7 cm³/mol. The number of hydrogen-bond acceptors (Lipinski definition) is 1. The molecule has 3 N–H and O–H groups in total. The Bertz CT molecular complexity index is 253. The highest BCUT2D eigenvalue weighted by molar-refractivity contribution is 6.30. The van der Waals surface area contributed by atoms with Gasteiger partial charge in [-0.3, -0.25) is 0 Å². The lowest BCUT2D eigenvalue weighted by atomic mass is 10.2. The van der Waals surface area contributed by atoms with Gasteiger partial charge in [0.25, 0.3) is 0 Å². The van der Waals surface area contributed by atoms with Gasteiger partial charge in [-0.15, -0.1) is 0 Å². The van der Waals surface area contributed by atoms with Crippen LogP contribution in [0.4, 0.5) is 0 Å². The van der Waals surface area contributed by atoms with Crippen molar-refractivity contribution in [3.8, 4) is 5.75 Å². The van der Waals surface area contributed by atoms with Crippen molar-refractivity contribution in [3.63, 3.8) is 0 Å². The van der Waals surface area contributed by atoms with Gasteiger partial charge in [0.05, 0.1) is 7.05 Å². The lowest BCUT2D eigenvalue weighted by Crippen LogP contribution is -3.00. The van der Waals surface area contributed by atoms with Crippen molar-refractivity contribution >= 4 is 11.6 Å². The van der Waals surface area contributed by atoms with Crippen molar-refractivity contribution < 1.29 is 22.8 Å². The minimum absolute atomic E-state index is 0. The van der Waals surface area contributed by atoms with Crippen LogP contribution in [0.2, 0.25) is 5.02 Å². The molecule has 1 rings (SSSR count). The van der Waals surface area contributed by atoms with E-state index >= 15 is 0 Å².